The Morgan fingerprint density at radius 2 is 2.25 bits per heavy atom. The zero-order valence-corrected chi connectivity index (χ0v) is 13.9. The predicted octanol–water partition coefficient (Wildman–Crippen LogP) is 1.77. The lowest BCUT2D eigenvalue weighted by Crippen LogP contribution is -2.34. The molecule has 128 valence electrons. The highest BCUT2D eigenvalue weighted by molar-refractivity contribution is 5.97. The minimum absolute atomic E-state index is 0.0293. The van der Waals surface area contributed by atoms with Gasteiger partial charge in [0.2, 0.25) is 11.7 Å². The van der Waals surface area contributed by atoms with Gasteiger partial charge in [0.15, 0.2) is 6.61 Å². The number of carbonyl (C=O) groups is 1. The average Bonchev–Trinajstić information content (AvgIpc) is 3.18. The van der Waals surface area contributed by atoms with Crippen LogP contribution in [0.5, 0.6) is 5.75 Å². The van der Waals surface area contributed by atoms with E-state index in [4.69, 9.17) is 15.0 Å². The monoisotopic (exact) mass is 330 g/mol. The fourth-order valence-electron chi connectivity index (χ4n) is 3.06. The Kier molecular flexibility index (Phi) is 4.80. The second-order valence-electron chi connectivity index (χ2n) is 6.16. The number of hydrogen-bond donors (Lipinski definition) is 1. The number of nitrogens with two attached hydrogens (primary N) is 1. The van der Waals surface area contributed by atoms with E-state index >= 15 is 0 Å². The highest BCUT2D eigenvalue weighted by Gasteiger charge is 2.33. The molecule has 1 aliphatic heterocycles. The standard InChI is InChI=1S/C17H22N4O3/c1-11-7-13(8-18)9-21(11)17(22)14-5-3-4-6-15(14)23-10-16-19-12(2)24-20-16/h3-6,11,13H,7-10,18H2,1-2H3. The molecule has 0 saturated carbocycles. The van der Waals surface area contributed by atoms with E-state index < -0.39 is 0 Å². The Morgan fingerprint density at radius 1 is 1.46 bits per heavy atom. The van der Waals surface area contributed by atoms with Crippen molar-refractivity contribution in [2.75, 3.05) is 13.1 Å². The number of benzene rings is 1. The van der Waals surface area contributed by atoms with Gasteiger partial charge in [-0.25, -0.2) is 0 Å². The van der Waals surface area contributed by atoms with Crippen LogP contribution in [0.4, 0.5) is 0 Å². The van der Waals surface area contributed by atoms with Crippen molar-refractivity contribution >= 4 is 5.91 Å². The number of carbonyl (C=O) groups excluding carboxylic acids is 1. The fraction of sp³-hybridized carbons (Fsp3) is 0.471. The molecule has 1 saturated heterocycles. The van der Waals surface area contributed by atoms with Gasteiger partial charge in [-0.15, -0.1) is 0 Å². The first-order valence-electron chi connectivity index (χ1n) is 8.10. The fourth-order valence-corrected chi connectivity index (χ4v) is 3.06. The Balaban J connectivity index is 1.74. The van der Waals surface area contributed by atoms with Crippen molar-refractivity contribution in [1.29, 1.82) is 0 Å². The molecule has 0 bridgehead atoms. The van der Waals surface area contributed by atoms with Crippen molar-refractivity contribution in [2.24, 2.45) is 11.7 Å². The molecule has 0 spiro atoms. The molecular formula is C17H22N4O3. The molecule has 0 aliphatic carbocycles. The van der Waals surface area contributed by atoms with Crippen LogP contribution in [0.15, 0.2) is 28.8 Å². The molecule has 2 heterocycles. The largest absolute Gasteiger partial charge is 0.485 e. The molecule has 1 fully saturated rings. The first kappa shape index (κ1) is 16.4. The van der Waals surface area contributed by atoms with Gasteiger partial charge in [-0.2, -0.15) is 4.98 Å². The number of hydrogen-bond acceptors (Lipinski definition) is 6. The summed E-state index contributed by atoms with van der Waals surface area (Å²) in [7, 11) is 0. The number of para-hydroxylation sites is 1. The second kappa shape index (κ2) is 7.00. The summed E-state index contributed by atoms with van der Waals surface area (Å²) in [6, 6.07) is 7.41. The highest BCUT2D eigenvalue weighted by Crippen LogP contribution is 2.27. The summed E-state index contributed by atoms with van der Waals surface area (Å²) in [5.41, 5.74) is 6.30. The van der Waals surface area contributed by atoms with Crippen molar-refractivity contribution in [3.8, 4) is 5.75 Å². The van der Waals surface area contributed by atoms with E-state index in [0.29, 0.717) is 42.0 Å². The number of rotatable bonds is 5. The molecule has 2 aromatic rings. The third-order valence-corrected chi connectivity index (χ3v) is 4.30. The highest BCUT2D eigenvalue weighted by atomic mass is 16.5. The minimum atomic E-state index is -0.0293. The van der Waals surface area contributed by atoms with Gasteiger partial charge in [0.1, 0.15) is 5.75 Å². The van der Waals surface area contributed by atoms with E-state index in [1.807, 2.05) is 17.0 Å². The van der Waals surface area contributed by atoms with Gasteiger partial charge in [0.05, 0.1) is 5.56 Å². The minimum Gasteiger partial charge on any atom is -0.485 e. The second-order valence-corrected chi connectivity index (χ2v) is 6.16. The predicted molar refractivity (Wildman–Crippen MR) is 87.5 cm³/mol. The zero-order valence-electron chi connectivity index (χ0n) is 13.9. The maximum atomic E-state index is 12.9. The van der Waals surface area contributed by atoms with Gasteiger partial charge >= 0.3 is 0 Å². The van der Waals surface area contributed by atoms with Crippen molar-refractivity contribution in [1.82, 2.24) is 15.0 Å². The SMILES string of the molecule is Cc1nc(COc2ccccc2C(=O)N2CC(CN)CC2C)no1. The molecule has 2 atom stereocenters. The van der Waals surface area contributed by atoms with Crippen LogP contribution in [0.25, 0.3) is 0 Å². The van der Waals surface area contributed by atoms with Gasteiger partial charge in [-0.05, 0) is 37.9 Å². The van der Waals surface area contributed by atoms with Gasteiger partial charge in [0.25, 0.3) is 5.91 Å². The lowest BCUT2D eigenvalue weighted by Gasteiger charge is -2.22. The van der Waals surface area contributed by atoms with Crippen molar-refractivity contribution in [3.63, 3.8) is 0 Å². The van der Waals surface area contributed by atoms with Gasteiger partial charge in [-0.3, -0.25) is 4.79 Å². The summed E-state index contributed by atoms with van der Waals surface area (Å²) in [4.78, 5) is 18.9. The van der Waals surface area contributed by atoms with Gasteiger partial charge in [-0.1, -0.05) is 17.3 Å². The summed E-state index contributed by atoms with van der Waals surface area (Å²) in [6.45, 7) is 5.22. The molecule has 24 heavy (non-hydrogen) atoms. The molecule has 1 aromatic carbocycles. The number of amides is 1. The molecule has 1 aromatic heterocycles. The smallest absolute Gasteiger partial charge is 0.257 e. The van der Waals surface area contributed by atoms with Crippen LogP contribution in [-0.2, 0) is 6.61 Å². The molecule has 1 amide bonds. The lowest BCUT2D eigenvalue weighted by molar-refractivity contribution is 0.0738. The van der Waals surface area contributed by atoms with Crippen LogP contribution < -0.4 is 10.5 Å². The number of nitrogens with zero attached hydrogens (tertiary/aromatic N) is 3. The Morgan fingerprint density at radius 3 is 2.92 bits per heavy atom. The van der Waals surface area contributed by atoms with Crippen LogP contribution in [0.3, 0.4) is 0 Å². The third-order valence-electron chi connectivity index (χ3n) is 4.30. The quantitative estimate of drug-likeness (QED) is 0.898. The first-order valence-corrected chi connectivity index (χ1v) is 8.10. The average molecular weight is 330 g/mol. The number of aryl methyl sites for hydroxylation is 1. The van der Waals surface area contributed by atoms with Crippen LogP contribution in [-0.4, -0.2) is 40.1 Å². The maximum absolute atomic E-state index is 12.9. The molecular weight excluding hydrogens is 308 g/mol. The first-order chi connectivity index (χ1) is 11.6. The van der Waals surface area contributed by atoms with Crippen molar-refractivity contribution in [2.45, 2.75) is 32.9 Å². The summed E-state index contributed by atoms with van der Waals surface area (Å²) >= 11 is 0. The molecule has 2 N–H and O–H groups in total. The van der Waals surface area contributed by atoms with Gasteiger partial charge in [0, 0.05) is 19.5 Å². The molecule has 7 nitrogen and oxygen atoms in total. The van der Waals surface area contributed by atoms with E-state index in [1.54, 1.807) is 19.1 Å². The molecule has 1 aliphatic rings. The van der Waals surface area contributed by atoms with Crippen LogP contribution in [0.2, 0.25) is 0 Å². The number of ether oxygens (including phenoxy) is 1. The van der Waals surface area contributed by atoms with Gasteiger partial charge < -0.3 is 19.9 Å². The maximum Gasteiger partial charge on any atom is 0.257 e. The van der Waals surface area contributed by atoms with Crippen LogP contribution in [0, 0.1) is 12.8 Å². The van der Waals surface area contributed by atoms with E-state index in [-0.39, 0.29) is 18.6 Å². The molecule has 7 heteroatoms. The summed E-state index contributed by atoms with van der Waals surface area (Å²) in [5.74, 6) is 1.79. The molecule has 0 radical (unpaired) electrons. The summed E-state index contributed by atoms with van der Waals surface area (Å²) in [6.07, 6.45) is 0.938. The van der Waals surface area contributed by atoms with Crippen molar-refractivity contribution in [3.05, 3.63) is 41.5 Å². The topological polar surface area (TPSA) is 94.5 Å². The Hall–Kier alpha value is -2.41. The van der Waals surface area contributed by atoms with E-state index in [9.17, 15) is 4.79 Å². The third kappa shape index (κ3) is 3.41. The van der Waals surface area contributed by atoms with E-state index in [0.717, 1.165) is 6.42 Å². The Labute approximate surface area is 140 Å². The Bertz CT molecular complexity index is 715. The van der Waals surface area contributed by atoms with Crippen molar-refractivity contribution < 1.29 is 14.1 Å². The van der Waals surface area contributed by atoms with E-state index in [2.05, 4.69) is 17.1 Å². The van der Waals surface area contributed by atoms with Crippen LogP contribution >= 0.6 is 0 Å². The number of likely N-dealkylation sites (tertiary alicyclic amines) is 1. The summed E-state index contributed by atoms with van der Waals surface area (Å²) in [5, 5.41) is 3.80. The number of aromatic nitrogens is 2. The molecule has 2 unspecified atom stereocenters. The zero-order chi connectivity index (χ0) is 17.1. The summed E-state index contributed by atoms with van der Waals surface area (Å²) < 4.78 is 10.7. The van der Waals surface area contributed by atoms with Crippen LogP contribution in [0.1, 0.15) is 35.4 Å². The van der Waals surface area contributed by atoms with E-state index in [1.165, 1.54) is 0 Å². The lowest BCUT2D eigenvalue weighted by atomic mass is 10.1. The normalized spacial score (nSPS) is 20.4. The molecule has 3 rings (SSSR count).